The number of carboxylic acid groups (broad SMARTS) is 1. The molecule has 3 aromatic carbocycles. The molecule has 2 aliphatic heterocycles. The summed E-state index contributed by atoms with van der Waals surface area (Å²) >= 11 is 0. The zero-order chi connectivity index (χ0) is 28.9. The minimum Gasteiger partial charge on any atom is -0.481 e. The van der Waals surface area contributed by atoms with Crippen LogP contribution in [0.4, 0.5) is 10.5 Å². The van der Waals surface area contributed by atoms with Crippen LogP contribution in [0, 0.1) is 16.0 Å². The van der Waals surface area contributed by atoms with E-state index in [1.54, 1.807) is 6.07 Å². The largest absolute Gasteiger partial charge is 0.481 e. The van der Waals surface area contributed by atoms with Crippen molar-refractivity contribution in [3.8, 4) is 0 Å². The van der Waals surface area contributed by atoms with E-state index in [1.165, 1.54) is 41.1 Å². The highest BCUT2D eigenvalue weighted by Crippen LogP contribution is 2.36. The maximum atomic E-state index is 13.1. The molecule has 0 aliphatic carbocycles. The number of carbonyl (C=O) groups is 2. The lowest BCUT2D eigenvalue weighted by Crippen LogP contribution is -2.52. The van der Waals surface area contributed by atoms with Gasteiger partial charge in [-0.05, 0) is 23.6 Å². The molecule has 212 valence electrons. The van der Waals surface area contributed by atoms with Crippen molar-refractivity contribution in [2.45, 2.75) is 19.0 Å². The number of nitro benzene ring substituents is 1. The molecule has 0 aromatic heterocycles. The van der Waals surface area contributed by atoms with Crippen molar-refractivity contribution in [1.82, 2.24) is 14.7 Å². The summed E-state index contributed by atoms with van der Waals surface area (Å²) < 4.78 is 0. The summed E-state index contributed by atoms with van der Waals surface area (Å²) in [4.78, 5) is 46.5. The third-order valence-corrected chi connectivity index (χ3v) is 7.97. The van der Waals surface area contributed by atoms with Crippen molar-refractivity contribution in [1.29, 1.82) is 0 Å². The normalized spacial score (nSPS) is 20.2. The fourth-order valence-corrected chi connectivity index (χ4v) is 5.93. The highest BCUT2D eigenvalue weighted by Gasteiger charge is 2.42. The zero-order valence-corrected chi connectivity index (χ0v) is 22.9. The summed E-state index contributed by atoms with van der Waals surface area (Å²) in [5.41, 5.74) is 2.92. The van der Waals surface area contributed by atoms with E-state index in [1.807, 2.05) is 12.1 Å². The van der Waals surface area contributed by atoms with Crippen molar-refractivity contribution in [3.05, 3.63) is 112 Å². The zero-order valence-electron chi connectivity index (χ0n) is 22.9. The number of carboxylic acids is 1. The van der Waals surface area contributed by atoms with Crippen molar-refractivity contribution in [3.63, 3.8) is 0 Å². The van der Waals surface area contributed by atoms with Gasteiger partial charge in [-0.1, -0.05) is 72.8 Å². The van der Waals surface area contributed by atoms with Crippen LogP contribution in [0.15, 0.2) is 89.9 Å². The number of benzene rings is 3. The van der Waals surface area contributed by atoms with Crippen LogP contribution in [0.3, 0.4) is 0 Å². The number of urea groups is 1. The van der Waals surface area contributed by atoms with Gasteiger partial charge in [0, 0.05) is 57.1 Å². The van der Waals surface area contributed by atoms with Gasteiger partial charge in [-0.15, -0.1) is 0 Å². The third-order valence-electron chi connectivity index (χ3n) is 7.97. The molecule has 1 fully saturated rings. The van der Waals surface area contributed by atoms with Gasteiger partial charge < -0.3 is 10.0 Å². The lowest BCUT2D eigenvalue weighted by molar-refractivity contribution is -0.385. The van der Waals surface area contributed by atoms with Crippen LogP contribution in [-0.4, -0.2) is 81.7 Å². The summed E-state index contributed by atoms with van der Waals surface area (Å²) in [7, 11) is 0. The Hall–Kier alpha value is -4.41. The standard InChI is InChI=1S/C31H33N5O5/c1-22-27(30(37)38)29(25-13-8-14-26(21-25)36(40)41)35(31(39)32-22)20-17-33-15-18-34(19-16-33)28(23-9-4-2-5-10-23)24-11-6-3-7-12-24/h2-14,21,27-29H,15-20H2,1H3,(H,37,38). The van der Waals surface area contributed by atoms with E-state index in [0.717, 1.165) is 26.2 Å². The van der Waals surface area contributed by atoms with Gasteiger partial charge in [0.15, 0.2) is 0 Å². The molecule has 1 saturated heterocycles. The number of rotatable bonds is 9. The molecule has 2 atom stereocenters. The molecule has 2 amide bonds. The van der Waals surface area contributed by atoms with Gasteiger partial charge in [0.1, 0.15) is 5.92 Å². The number of hydrogen-bond donors (Lipinski definition) is 1. The van der Waals surface area contributed by atoms with Crippen molar-refractivity contribution < 1.29 is 19.6 Å². The quantitative estimate of drug-likeness (QED) is 0.302. The number of aliphatic imine (C=N–C) groups is 1. The van der Waals surface area contributed by atoms with E-state index in [0.29, 0.717) is 12.1 Å². The van der Waals surface area contributed by atoms with Crippen molar-refractivity contribution >= 4 is 23.4 Å². The van der Waals surface area contributed by atoms with Gasteiger partial charge >= 0.3 is 12.0 Å². The topological polar surface area (TPSA) is 120 Å². The Bertz CT molecular complexity index is 1380. The number of nitrogens with zero attached hydrogens (tertiary/aromatic N) is 5. The van der Waals surface area contributed by atoms with Gasteiger partial charge in [0.05, 0.1) is 17.0 Å². The summed E-state index contributed by atoms with van der Waals surface area (Å²) in [5, 5.41) is 21.5. The van der Waals surface area contributed by atoms with E-state index in [9.17, 15) is 24.8 Å². The molecule has 2 aliphatic rings. The molecular weight excluding hydrogens is 522 g/mol. The fraction of sp³-hybridized carbons (Fsp3) is 0.323. The number of hydrogen-bond acceptors (Lipinski definition) is 6. The Morgan fingerprint density at radius 1 is 0.951 bits per heavy atom. The van der Waals surface area contributed by atoms with E-state index in [4.69, 9.17) is 0 Å². The van der Waals surface area contributed by atoms with E-state index < -0.39 is 28.9 Å². The minimum absolute atomic E-state index is 0.134. The van der Waals surface area contributed by atoms with Crippen LogP contribution < -0.4 is 0 Å². The number of amides is 2. The van der Waals surface area contributed by atoms with Crippen LogP contribution in [0.25, 0.3) is 0 Å². The maximum absolute atomic E-state index is 13.1. The first-order chi connectivity index (χ1) is 19.8. The molecule has 41 heavy (non-hydrogen) atoms. The third kappa shape index (κ3) is 6.18. The molecule has 10 nitrogen and oxygen atoms in total. The Balaban J connectivity index is 1.31. The van der Waals surface area contributed by atoms with E-state index in [-0.39, 0.29) is 24.0 Å². The van der Waals surface area contributed by atoms with Gasteiger partial charge in [0.2, 0.25) is 0 Å². The van der Waals surface area contributed by atoms with Crippen LogP contribution in [-0.2, 0) is 4.79 Å². The highest BCUT2D eigenvalue weighted by molar-refractivity contribution is 6.07. The second-order valence-electron chi connectivity index (χ2n) is 10.4. The summed E-state index contributed by atoms with van der Waals surface area (Å²) in [5.74, 6) is -2.22. The molecule has 0 saturated carbocycles. The lowest BCUT2D eigenvalue weighted by Gasteiger charge is -2.42. The molecule has 1 N–H and O–H groups in total. The smallest absolute Gasteiger partial charge is 0.344 e. The Kier molecular flexibility index (Phi) is 8.51. The van der Waals surface area contributed by atoms with Crippen LogP contribution in [0.2, 0.25) is 0 Å². The van der Waals surface area contributed by atoms with Crippen molar-refractivity contribution in [2.75, 3.05) is 39.3 Å². The average Bonchev–Trinajstić information content (AvgIpc) is 2.98. The number of nitro groups is 1. The second-order valence-corrected chi connectivity index (χ2v) is 10.4. The van der Waals surface area contributed by atoms with E-state index >= 15 is 0 Å². The number of piperazine rings is 1. The first-order valence-corrected chi connectivity index (χ1v) is 13.7. The van der Waals surface area contributed by atoms with Crippen LogP contribution >= 0.6 is 0 Å². The monoisotopic (exact) mass is 555 g/mol. The number of non-ortho nitro benzene ring substituents is 1. The van der Waals surface area contributed by atoms with Crippen LogP contribution in [0.1, 0.15) is 35.7 Å². The first kappa shape index (κ1) is 28.1. The molecule has 0 bridgehead atoms. The summed E-state index contributed by atoms with van der Waals surface area (Å²) in [6, 6.07) is 25.5. The molecular formula is C31H33N5O5. The lowest BCUT2D eigenvalue weighted by atomic mass is 9.86. The minimum atomic E-state index is -1.12. The Morgan fingerprint density at radius 3 is 2.12 bits per heavy atom. The molecule has 0 spiro atoms. The van der Waals surface area contributed by atoms with Gasteiger partial charge in [0.25, 0.3) is 5.69 Å². The number of carbonyl (C=O) groups excluding carboxylic acids is 1. The highest BCUT2D eigenvalue weighted by atomic mass is 16.6. The molecule has 5 rings (SSSR count). The molecule has 2 heterocycles. The Morgan fingerprint density at radius 2 is 1.56 bits per heavy atom. The predicted octanol–water partition coefficient (Wildman–Crippen LogP) is 4.64. The van der Waals surface area contributed by atoms with Gasteiger partial charge in [-0.2, -0.15) is 0 Å². The van der Waals surface area contributed by atoms with Crippen molar-refractivity contribution in [2.24, 2.45) is 10.9 Å². The SMILES string of the molecule is CC1=NC(=O)N(CCN2CCN(C(c3ccccc3)c3ccccc3)CC2)C(c2cccc([N+](=O)[O-])c2)C1C(=O)O. The van der Waals surface area contributed by atoms with Crippen LogP contribution in [0.5, 0.6) is 0 Å². The molecule has 10 heteroatoms. The molecule has 0 radical (unpaired) electrons. The molecule has 2 unspecified atom stereocenters. The van der Waals surface area contributed by atoms with E-state index in [2.05, 4.69) is 63.3 Å². The summed E-state index contributed by atoms with van der Waals surface area (Å²) in [6.07, 6.45) is 0. The second kappa shape index (κ2) is 12.4. The van der Waals surface area contributed by atoms with Gasteiger partial charge in [-0.3, -0.25) is 24.7 Å². The maximum Gasteiger partial charge on any atom is 0.344 e. The molecule has 3 aromatic rings. The van der Waals surface area contributed by atoms with Gasteiger partial charge in [-0.25, -0.2) is 9.79 Å². The summed E-state index contributed by atoms with van der Waals surface area (Å²) in [6.45, 7) is 5.53. The predicted molar refractivity (Wildman–Crippen MR) is 155 cm³/mol. The fourth-order valence-electron chi connectivity index (χ4n) is 5.93. The number of aliphatic carboxylic acids is 1. The Labute approximate surface area is 238 Å². The average molecular weight is 556 g/mol. The first-order valence-electron chi connectivity index (χ1n) is 13.7.